The molecule has 1 fully saturated rings. The zero-order chi connectivity index (χ0) is 13.8. The third kappa shape index (κ3) is 3.33. The number of benzene rings is 1. The van der Waals surface area contributed by atoms with E-state index in [1.807, 2.05) is 0 Å². The molecular weight excluding hydrogens is 264 g/mol. The van der Waals surface area contributed by atoms with Crippen LogP contribution in [0.15, 0.2) is 30.3 Å². The maximum atomic E-state index is 4.60. The van der Waals surface area contributed by atoms with Gasteiger partial charge in [-0.05, 0) is 43.2 Å². The van der Waals surface area contributed by atoms with E-state index in [-0.39, 0.29) is 0 Å². The first-order valence-electron chi connectivity index (χ1n) is 7.50. The van der Waals surface area contributed by atoms with Gasteiger partial charge in [0.15, 0.2) is 0 Å². The van der Waals surface area contributed by atoms with Crippen molar-refractivity contribution in [2.24, 2.45) is 0 Å². The summed E-state index contributed by atoms with van der Waals surface area (Å²) in [6.07, 6.45) is 4.17. The lowest BCUT2D eigenvalue weighted by Crippen LogP contribution is -2.26. The number of para-hydroxylation sites is 1. The predicted molar refractivity (Wildman–Crippen MR) is 88.3 cm³/mol. The van der Waals surface area contributed by atoms with Crippen LogP contribution in [-0.4, -0.2) is 22.5 Å². The molecular formula is C17H22N2S. The van der Waals surface area contributed by atoms with Crippen molar-refractivity contribution in [1.82, 2.24) is 10.3 Å². The normalized spacial score (nSPS) is 19.4. The zero-order valence-corrected chi connectivity index (χ0v) is 12.9. The summed E-state index contributed by atoms with van der Waals surface area (Å²) in [6, 6.07) is 10.6. The maximum absolute atomic E-state index is 4.60. The Kier molecular flexibility index (Phi) is 4.58. The Labute approximate surface area is 125 Å². The van der Waals surface area contributed by atoms with E-state index in [4.69, 9.17) is 0 Å². The molecule has 0 amide bonds. The number of hydrogen-bond acceptors (Lipinski definition) is 3. The number of nitrogens with zero attached hydrogens (tertiary/aromatic N) is 1. The molecule has 1 saturated heterocycles. The fourth-order valence-electron chi connectivity index (χ4n) is 2.88. The Hall–Kier alpha value is -1.06. The van der Waals surface area contributed by atoms with Crippen molar-refractivity contribution < 1.29 is 0 Å². The van der Waals surface area contributed by atoms with Gasteiger partial charge in [-0.15, -0.1) is 0 Å². The Balaban J connectivity index is 1.67. The number of hydrogen-bond donors (Lipinski definition) is 1. The fourth-order valence-corrected chi connectivity index (χ4v) is 4.15. The van der Waals surface area contributed by atoms with Gasteiger partial charge in [0.2, 0.25) is 0 Å². The highest BCUT2D eigenvalue weighted by molar-refractivity contribution is 7.99. The van der Waals surface area contributed by atoms with Gasteiger partial charge in [-0.25, -0.2) is 0 Å². The molecule has 1 unspecified atom stereocenters. The number of fused-ring (bicyclic) bond motifs is 1. The minimum atomic E-state index is 0.804. The summed E-state index contributed by atoms with van der Waals surface area (Å²) in [5.41, 5.74) is 3.58. The summed E-state index contributed by atoms with van der Waals surface area (Å²) >= 11 is 2.13. The second kappa shape index (κ2) is 6.59. The molecule has 0 radical (unpaired) electrons. The molecule has 3 rings (SSSR count). The first kappa shape index (κ1) is 13.9. The lowest BCUT2D eigenvalue weighted by Gasteiger charge is -2.21. The number of nitrogens with one attached hydrogen (secondary N) is 1. The molecule has 1 aromatic carbocycles. The molecule has 2 nitrogen and oxygen atoms in total. The van der Waals surface area contributed by atoms with Gasteiger partial charge >= 0.3 is 0 Å². The van der Waals surface area contributed by atoms with E-state index in [1.165, 1.54) is 36.0 Å². The van der Waals surface area contributed by atoms with Crippen LogP contribution in [0, 0.1) is 6.92 Å². The van der Waals surface area contributed by atoms with E-state index >= 15 is 0 Å². The maximum Gasteiger partial charge on any atom is 0.0708 e. The SMILES string of the molecule is Cc1cc(CNCC2CCCCS2)c2ccccc2n1. The van der Waals surface area contributed by atoms with E-state index in [0.29, 0.717) is 0 Å². The van der Waals surface area contributed by atoms with E-state index in [0.717, 1.165) is 29.6 Å². The molecule has 1 atom stereocenters. The van der Waals surface area contributed by atoms with E-state index < -0.39 is 0 Å². The summed E-state index contributed by atoms with van der Waals surface area (Å²) < 4.78 is 0. The third-order valence-electron chi connectivity index (χ3n) is 3.89. The molecule has 2 aromatic rings. The van der Waals surface area contributed by atoms with Crippen molar-refractivity contribution in [3.8, 4) is 0 Å². The molecule has 0 bridgehead atoms. The fraction of sp³-hybridized carbons (Fsp3) is 0.471. The second-order valence-electron chi connectivity index (χ2n) is 5.56. The van der Waals surface area contributed by atoms with Crippen LogP contribution < -0.4 is 5.32 Å². The molecule has 0 spiro atoms. The number of pyridine rings is 1. The predicted octanol–water partition coefficient (Wildman–Crippen LogP) is 3.92. The van der Waals surface area contributed by atoms with Crippen LogP contribution in [-0.2, 0) is 6.54 Å². The molecule has 106 valence electrons. The number of aryl methyl sites for hydroxylation is 1. The molecule has 3 heteroatoms. The molecule has 1 aliphatic heterocycles. The lowest BCUT2D eigenvalue weighted by molar-refractivity contribution is 0.598. The average Bonchev–Trinajstić information content (AvgIpc) is 2.48. The Morgan fingerprint density at radius 2 is 2.20 bits per heavy atom. The lowest BCUT2D eigenvalue weighted by atomic mass is 10.1. The monoisotopic (exact) mass is 286 g/mol. The van der Waals surface area contributed by atoms with Crippen LogP contribution >= 0.6 is 11.8 Å². The molecule has 0 aliphatic carbocycles. The Morgan fingerprint density at radius 1 is 1.30 bits per heavy atom. The van der Waals surface area contributed by atoms with Crippen LogP contribution in [0.2, 0.25) is 0 Å². The molecule has 20 heavy (non-hydrogen) atoms. The van der Waals surface area contributed by atoms with Gasteiger partial charge in [0.25, 0.3) is 0 Å². The van der Waals surface area contributed by atoms with Gasteiger partial charge in [0, 0.05) is 29.4 Å². The van der Waals surface area contributed by atoms with Crippen molar-refractivity contribution >= 4 is 22.7 Å². The first-order chi connectivity index (χ1) is 9.83. The van der Waals surface area contributed by atoms with Crippen molar-refractivity contribution in [3.05, 3.63) is 41.6 Å². The van der Waals surface area contributed by atoms with Crippen LogP contribution in [0.5, 0.6) is 0 Å². The van der Waals surface area contributed by atoms with E-state index in [1.54, 1.807) is 0 Å². The van der Waals surface area contributed by atoms with Crippen molar-refractivity contribution in [2.45, 2.75) is 38.0 Å². The minimum absolute atomic E-state index is 0.804. The van der Waals surface area contributed by atoms with Crippen molar-refractivity contribution in [3.63, 3.8) is 0 Å². The quantitative estimate of drug-likeness (QED) is 0.922. The summed E-state index contributed by atoms with van der Waals surface area (Å²) in [5, 5.41) is 5.73. The zero-order valence-electron chi connectivity index (χ0n) is 12.1. The standard InChI is InChI=1S/C17H22N2S/c1-13-10-14(16-7-2-3-8-17(16)19-13)11-18-12-15-6-4-5-9-20-15/h2-3,7-8,10,15,18H,4-6,9,11-12H2,1H3. The molecule has 2 heterocycles. The van der Waals surface area contributed by atoms with E-state index in [9.17, 15) is 0 Å². The topological polar surface area (TPSA) is 24.9 Å². The molecule has 1 aliphatic rings. The summed E-state index contributed by atoms with van der Waals surface area (Å²) in [6.45, 7) is 4.15. The highest BCUT2D eigenvalue weighted by Crippen LogP contribution is 2.24. The first-order valence-corrected chi connectivity index (χ1v) is 8.55. The third-order valence-corrected chi connectivity index (χ3v) is 5.29. The average molecular weight is 286 g/mol. The van der Waals surface area contributed by atoms with Gasteiger partial charge in [0.1, 0.15) is 0 Å². The van der Waals surface area contributed by atoms with Gasteiger partial charge < -0.3 is 5.32 Å². The number of aromatic nitrogens is 1. The Bertz CT molecular complexity index is 576. The molecule has 1 N–H and O–H groups in total. The van der Waals surface area contributed by atoms with Gasteiger partial charge in [-0.3, -0.25) is 4.98 Å². The number of thioether (sulfide) groups is 1. The van der Waals surface area contributed by atoms with Gasteiger partial charge in [0.05, 0.1) is 5.52 Å². The molecule has 1 aromatic heterocycles. The largest absolute Gasteiger partial charge is 0.312 e. The Morgan fingerprint density at radius 3 is 3.05 bits per heavy atom. The highest BCUT2D eigenvalue weighted by atomic mass is 32.2. The minimum Gasteiger partial charge on any atom is -0.312 e. The summed E-state index contributed by atoms with van der Waals surface area (Å²) in [4.78, 5) is 4.60. The van der Waals surface area contributed by atoms with Crippen LogP contribution in [0.4, 0.5) is 0 Å². The number of rotatable bonds is 4. The van der Waals surface area contributed by atoms with Crippen LogP contribution in [0.25, 0.3) is 10.9 Å². The second-order valence-corrected chi connectivity index (χ2v) is 6.97. The highest BCUT2D eigenvalue weighted by Gasteiger charge is 2.13. The van der Waals surface area contributed by atoms with E-state index in [2.05, 4.69) is 59.3 Å². The molecule has 0 saturated carbocycles. The smallest absolute Gasteiger partial charge is 0.0708 e. The van der Waals surface area contributed by atoms with Gasteiger partial charge in [-0.1, -0.05) is 24.6 Å². The van der Waals surface area contributed by atoms with Crippen molar-refractivity contribution in [2.75, 3.05) is 12.3 Å². The van der Waals surface area contributed by atoms with Crippen LogP contribution in [0.1, 0.15) is 30.5 Å². The van der Waals surface area contributed by atoms with Crippen molar-refractivity contribution in [1.29, 1.82) is 0 Å². The summed E-state index contributed by atoms with van der Waals surface area (Å²) in [7, 11) is 0. The summed E-state index contributed by atoms with van der Waals surface area (Å²) in [5.74, 6) is 1.34. The van der Waals surface area contributed by atoms with Crippen LogP contribution in [0.3, 0.4) is 0 Å². The van der Waals surface area contributed by atoms with Gasteiger partial charge in [-0.2, -0.15) is 11.8 Å².